The predicted octanol–water partition coefficient (Wildman–Crippen LogP) is 3.15. The quantitative estimate of drug-likeness (QED) is 0.433. The molecule has 0 bridgehead atoms. The van der Waals surface area contributed by atoms with E-state index in [2.05, 4.69) is 28.4 Å². The van der Waals surface area contributed by atoms with Gasteiger partial charge in [-0.3, -0.25) is 4.79 Å². The third-order valence-corrected chi connectivity index (χ3v) is 8.30. The van der Waals surface area contributed by atoms with E-state index in [1.165, 1.54) is 28.3 Å². The Morgan fingerprint density at radius 1 is 1.10 bits per heavy atom. The van der Waals surface area contributed by atoms with Crippen LogP contribution in [0.3, 0.4) is 0 Å². The van der Waals surface area contributed by atoms with Crippen molar-refractivity contribution in [3.8, 4) is 0 Å². The zero-order chi connectivity index (χ0) is 28.2. The number of amides is 1. The zero-order valence-electron chi connectivity index (χ0n) is 22.6. The molecule has 3 aliphatic rings. The van der Waals surface area contributed by atoms with E-state index in [0.717, 1.165) is 50.7 Å². The molecule has 5 rings (SSSR count). The molecule has 2 fully saturated rings. The molecule has 1 amide bonds. The minimum absolute atomic E-state index is 0.0125. The molecule has 3 unspecified atom stereocenters. The number of carbonyl (C=O) groups is 1. The number of rotatable bonds is 5. The van der Waals surface area contributed by atoms with E-state index in [4.69, 9.17) is 0 Å². The first-order chi connectivity index (χ1) is 18.7. The molecular formula is C30H39F2N3O4. The lowest BCUT2D eigenvalue weighted by Crippen LogP contribution is -2.64. The Morgan fingerprint density at radius 2 is 1.77 bits per heavy atom. The lowest BCUT2D eigenvalue weighted by atomic mass is 9.74. The number of piperidine rings is 2. The van der Waals surface area contributed by atoms with Gasteiger partial charge in [-0.15, -0.1) is 0 Å². The largest absolute Gasteiger partial charge is 0.389 e. The topological polar surface area (TPSA) is 96.3 Å². The summed E-state index contributed by atoms with van der Waals surface area (Å²) in [7, 11) is 0. The van der Waals surface area contributed by atoms with Crippen molar-refractivity contribution < 1.29 is 28.9 Å². The van der Waals surface area contributed by atoms with Gasteiger partial charge in [0, 0.05) is 49.4 Å². The van der Waals surface area contributed by atoms with Gasteiger partial charge in [-0.05, 0) is 67.8 Å². The summed E-state index contributed by atoms with van der Waals surface area (Å²) in [5.41, 5.74) is 1.09. The average molecular weight is 544 g/mol. The molecule has 4 N–H and O–H groups in total. The minimum atomic E-state index is -1.73. The van der Waals surface area contributed by atoms with Crippen molar-refractivity contribution in [2.45, 2.75) is 56.3 Å². The van der Waals surface area contributed by atoms with Crippen LogP contribution in [0.25, 0.3) is 6.08 Å². The molecule has 0 saturated carbocycles. The Morgan fingerprint density at radius 3 is 2.44 bits per heavy atom. The fraction of sp³-hybridized carbons (Fsp3) is 0.500. The summed E-state index contributed by atoms with van der Waals surface area (Å²) >= 11 is 0. The molecule has 0 aliphatic carbocycles. The van der Waals surface area contributed by atoms with Gasteiger partial charge in [0.05, 0.1) is 6.10 Å². The van der Waals surface area contributed by atoms with Crippen LogP contribution in [0, 0.1) is 11.6 Å². The maximum atomic E-state index is 13.4. The Hall–Kier alpha value is -2.85. The molecule has 212 valence electrons. The van der Waals surface area contributed by atoms with E-state index >= 15 is 0 Å². The second-order valence-corrected chi connectivity index (χ2v) is 10.6. The SMILES string of the molecule is CC.O=C(/C=C/c1cc(F)cc(F)c1)N1CCC(O)(C(O)CN2CCC3(CC2)CNc2ccccc23)C(O)C1. The Labute approximate surface area is 228 Å². The van der Waals surface area contributed by atoms with Crippen LogP contribution in [0.5, 0.6) is 0 Å². The van der Waals surface area contributed by atoms with E-state index in [1.54, 1.807) is 0 Å². The van der Waals surface area contributed by atoms with Crippen molar-refractivity contribution in [2.24, 2.45) is 0 Å². The molecule has 3 atom stereocenters. The summed E-state index contributed by atoms with van der Waals surface area (Å²) in [5, 5.41) is 36.3. The number of benzene rings is 2. The first-order valence-electron chi connectivity index (χ1n) is 13.8. The lowest BCUT2D eigenvalue weighted by molar-refractivity contribution is -0.183. The van der Waals surface area contributed by atoms with E-state index in [0.29, 0.717) is 0 Å². The first-order valence-corrected chi connectivity index (χ1v) is 13.8. The number of para-hydroxylation sites is 1. The van der Waals surface area contributed by atoms with Crippen LogP contribution in [0.1, 0.15) is 44.2 Å². The van der Waals surface area contributed by atoms with E-state index < -0.39 is 35.4 Å². The second-order valence-electron chi connectivity index (χ2n) is 10.6. The molecule has 1 spiro atoms. The summed E-state index contributed by atoms with van der Waals surface area (Å²) in [5.74, 6) is -1.94. The monoisotopic (exact) mass is 543 g/mol. The Balaban J connectivity index is 0.00000172. The number of β-amino-alcohol motifs (C(OH)–C–C–N with tert-alkyl or cyclic N) is 2. The van der Waals surface area contributed by atoms with Crippen LogP contribution in [-0.2, 0) is 10.2 Å². The third kappa shape index (κ3) is 6.17. The molecule has 2 aromatic rings. The number of nitrogens with one attached hydrogen (secondary N) is 1. The third-order valence-electron chi connectivity index (χ3n) is 8.30. The fourth-order valence-electron chi connectivity index (χ4n) is 5.94. The molecule has 0 aromatic heterocycles. The summed E-state index contributed by atoms with van der Waals surface area (Å²) < 4.78 is 26.7. The second kappa shape index (κ2) is 12.1. The minimum Gasteiger partial charge on any atom is -0.389 e. The highest BCUT2D eigenvalue weighted by Gasteiger charge is 2.48. The number of halogens is 2. The van der Waals surface area contributed by atoms with E-state index in [9.17, 15) is 28.9 Å². The Kier molecular flexibility index (Phi) is 9.06. The van der Waals surface area contributed by atoms with Gasteiger partial charge in [0.1, 0.15) is 23.3 Å². The highest BCUT2D eigenvalue weighted by Crippen LogP contribution is 2.44. The normalized spacial score (nSPS) is 25.1. The Bertz CT molecular complexity index is 1160. The number of aliphatic hydroxyl groups excluding tert-OH is 2. The maximum absolute atomic E-state index is 13.4. The van der Waals surface area contributed by atoms with Gasteiger partial charge in [-0.25, -0.2) is 8.78 Å². The summed E-state index contributed by atoms with van der Waals surface area (Å²) in [4.78, 5) is 16.1. The van der Waals surface area contributed by atoms with Crippen molar-refractivity contribution in [1.82, 2.24) is 9.80 Å². The number of carbonyl (C=O) groups excluding carboxylic acids is 1. The molecule has 0 radical (unpaired) electrons. The van der Waals surface area contributed by atoms with Crippen LogP contribution in [-0.4, -0.2) is 88.1 Å². The van der Waals surface area contributed by atoms with Gasteiger partial charge in [0.25, 0.3) is 0 Å². The smallest absolute Gasteiger partial charge is 0.246 e. The number of likely N-dealkylation sites (tertiary alicyclic amines) is 2. The van der Waals surface area contributed by atoms with Crippen LogP contribution < -0.4 is 5.32 Å². The summed E-state index contributed by atoms with van der Waals surface area (Å²) in [6.07, 6.45) is 1.87. The number of aliphatic hydroxyl groups is 3. The molecule has 2 aromatic carbocycles. The summed E-state index contributed by atoms with van der Waals surface area (Å²) in [6, 6.07) is 11.3. The highest BCUT2D eigenvalue weighted by atomic mass is 19.1. The van der Waals surface area contributed by atoms with Crippen molar-refractivity contribution >= 4 is 17.7 Å². The van der Waals surface area contributed by atoms with Crippen LogP contribution in [0.15, 0.2) is 48.5 Å². The van der Waals surface area contributed by atoms with Crippen LogP contribution in [0.4, 0.5) is 14.5 Å². The standard InChI is InChI=1S/C28H33F2N3O4.C2H6/c29-20-13-19(14-21(30)15-20)5-6-26(36)33-12-9-28(37,25(35)17-33)24(34)16-32-10-7-27(8-11-32)18-31-23-4-2-1-3-22(23)27;1-2/h1-6,13-15,24-25,31,34-35,37H,7-12,16-18H2;1-2H3/b6-5+;. The number of anilines is 1. The number of hydrogen-bond donors (Lipinski definition) is 4. The molecule has 39 heavy (non-hydrogen) atoms. The van der Waals surface area contributed by atoms with Crippen molar-refractivity contribution in [3.63, 3.8) is 0 Å². The van der Waals surface area contributed by atoms with Gasteiger partial charge >= 0.3 is 0 Å². The fourth-order valence-corrected chi connectivity index (χ4v) is 5.94. The van der Waals surface area contributed by atoms with Crippen LogP contribution >= 0.6 is 0 Å². The van der Waals surface area contributed by atoms with Crippen molar-refractivity contribution in [2.75, 3.05) is 44.6 Å². The van der Waals surface area contributed by atoms with Gasteiger partial charge in [-0.2, -0.15) is 0 Å². The molecule has 9 heteroatoms. The molecule has 3 heterocycles. The number of hydrogen-bond acceptors (Lipinski definition) is 6. The van der Waals surface area contributed by atoms with Crippen molar-refractivity contribution in [1.29, 1.82) is 0 Å². The predicted molar refractivity (Wildman–Crippen MR) is 147 cm³/mol. The highest BCUT2D eigenvalue weighted by molar-refractivity contribution is 5.91. The molecule has 3 aliphatic heterocycles. The average Bonchev–Trinajstić information content (AvgIpc) is 3.29. The van der Waals surface area contributed by atoms with E-state index in [1.807, 2.05) is 19.9 Å². The lowest BCUT2D eigenvalue weighted by Gasteiger charge is -2.46. The molecule has 7 nitrogen and oxygen atoms in total. The first kappa shape index (κ1) is 29.1. The van der Waals surface area contributed by atoms with Gasteiger partial charge in [0.15, 0.2) is 0 Å². The summed E-state index contributed by atoms with van der Waals surface area (Å²) in [6.45, 7) is 6.66. The number of fused-ring (bicyclic) bond motifs is 2. The molecular weight excluding hydrogens is 504 g/mol. The van der Waals surface area contributed by atoms with E-state index in [-0.39, 0.29) is 37.0 Å². The van der Waals surface area contributed by atoms with Gasteiger partial charge < -0.3 is 30.4 Å². The van der Waals surface area contributed by atoms with Crippen LogP contribution in [0.2, 0.25) is 0 Å². The van der Waals surface area contributed by atoms with Crippen molar-refractivity contribution in [3.05, 3.63) is 71.3 Å². The molecule has 2 saturated heterocycles. The maximum Gasteiger partial charge on any atom is 0.246 e. The van der Waals surface area contributed by atoms with Gasteiger partial charge in [-0.1, -0.05) is 32.0 Å². The van der Waals surface area contributed by atoms with Gasteiger partial charge in [0.2, 0.25) is 5.91 Å². The number of nitrogens with zero attached hydrogens (tertiary/aromatic N) is 2. The zero-order valence-corrected chi connectivity index (χ0v) is 22.6.